The minimum atomic E-state index is -0.783. The molecule has 0 spiro atoms. The Labute approximate surface area is 178 Å². The molecule has 1 aromatic carbocycles. The molecule has 2 N–H and O–H groups in total. The number of thioether (sulfide) groups is 1. The van der Waals surface area contributed by atoms with E-state index in [0.717, 1.165) is 46.8 Å². The second kappa shape index (κ2) is 9.93. The summed E-state index contributed by atoms with van der Waals surface area (Å²) in [7, 11) is 0. The van der Waals surface area contributed by atoms with E-state index in [4.69, 9.17) is 4.74 Å². The van der Waals surface area contributed by atoms with Crippen LogP contribution in [-0.4, -0.2) is 30.3 Å². The number of amides is 3. The van der Waals surface area contributed by atoms with Crippen LogP contribution in [0.4, 0.5) is 9.80 Å². The number of carbonyl (C=O) groups is 3. The highest BCUT2D eigenvalue weighted by Crippen LogP contribution is 2.38. The zero-order chi connectivity index (χ0) is 20.8. The van der Waals surface area contributed by atoms with Crippen molar-refractivity contribution in [2.75, 3.05) is 17.7 Å². The summed E-state index contributed by atoms with van der Waals surface area (Å²) < 4.78 is 4.82. The van der Waals surface area contributed by atoms with E-state index >= 15 is 0 Å². The molecular weight excluding hydrogens is 408 g/mol. The first kappa shape index (κ1) is 21.4. The lowest BCUT2D eigenvalue weighted by Crippen LogP contribution is -2.32. The van der Waals surface area contributed by atoms with Gasteiger partial charge in [0.05, 0.1) is 12.2 Å². The number of ether oxygens (including phenoxy) is 1. The molecule has 8 heteroatoms. The lowest BCUT2D eigenvalue weighted by atomic mass is 9.95. The Hall–Kier alpha value is -2.32. The molecule has 3 rings (SSSR count). The fourth-order valence-corrected chi connectivity index (χ4v) is 5.20. The molecule has 1 aliphatic rings. The van der Waals surface area contributed by atoms with Crippen molar-refractivity contribution in [3.05, 3.63) is 45.8 Å². The molecular formula is C21H24N2O4S2. The van der Waals surface area contributed by atoms with Crippen molar-refractivity contribution in [1.29, 1.82) is 0 Å². The number of hydrogen-bond acceptors (Lipinski definition) is 6. The summed E-state index contributed by atoms with van der Waals surface area (Å²) in [5.74, 6) is 0.153. The van der Waals surface area contributed by atoms with E-state index in [1.54, 1.807) is 30.8 Å². The van der Waals surface area contributed by atoms with Crippen LogP contribution in [0.25, 0.3) is 0 Å². The summed E-state index contributed by atoms with van der Waals surface area (Å²) in [4.78, 5) is 39.4. The smallest absolute Gasteiger partial charge is 0.414 e. The maximum atomic E-state index is 12.8. The molecule has 3 amide bonds. The van der Waals surface area contributed by atoms with E-state index in [1.165, 1.54) is 11.3 Å². The van der Waals surface area contributed by atoms with Crippen LogP contribution in [0.1, 0.15) is 57.8 Å². The number of alkyl carbamates (subject to hydrolysis) is 1. The second-order valence-corrected chi connectivity index (χ2v) is 8.94. The fourth-order valence-electron chi connectivity index (χ4n) is 3.26. The van der Waals surface area contributed by atoms with Gasteiger partial charge < -0.3 is 10.1 Å². The van der Waals surface area contributed by atoms with Crippen molar-refractivity contribution in [1.82, 2.24) is 5.32 Å². The van der Waals surface area contributed by atoms with Gasteiger partial charge in [-0.2, -0.15) is 0 Å². The fraction of sp³-hybridized carbons (Fsp3) is 0.381. The van der Waals surface area contributed by atoms with Crippen molar-refractivity contribution in [2.24, 2.45) is 0 Å². The Morgan fingerprint density at radius 2 is 1.79 bits per heavy atom. The highest BCUT2D eigenvalue weighted by molar-refractivity contribution is 7.99. The molecule has 0 saturated carbocycles. The average Bonchev–Trinajstić information content (AvgIpc) is 3.06. The number of imide groups is 1. The molecule has 0 fully saturated rings. The molecule has 0 saturated heterocycles. The van der Waals surface area contributed by atoms with E-state index in [-0.39, 0.29) is 12.5 Å². The van der Waals surface area contributed by atoms with Gasteiger partial charge in [0.1, 0.15) is 5.00 Å². The van der Waals surface area contributed by atoms with Crippen molar-refractivity contribution in [3.8, 4) is 0 Å². The monoisotopic (exact) mass is 432 g/mol. The molecule has 1 heterocycles. The van der Waals surface area contributed by atoms with Crippen molar-refractivity contribution >= 4 is 46.0 Å². The van der Waals surface area contributed by atoms with Gasteiger partial charge in [0.15, 0.2) is 0 Å². The van der Waals surface area contributed by atoms with Crippen LogP contribution >= 0.6 is 23.1 Å². The molecule has 2 aromatic rings. The predicted octanol–water partition coefficient (Wildman–Crippen LogP) is 4.88. The van der Waals surface area contributed by atoms with Gasteiger partial charge in [-0.1, -0.05) is 6.92 Å². The van der Waals surface area contributed by atoms with Crippen molar-refractivity contribution < 1.29 is 19.1 Å². The summed E-state index contributed by atoms with van der Waals surface area (Å²) in [5.41, 5.74) is 1.82. The van der Waals surface area contributed by atoms with Crippen LogP contribution < -0.4 is 10.6 Å². The van der Waals surface area contributed by atoms with E-state index in [9.17, 15) is 14.4 Å². The Morgan fingerprint density at radius 1 is 1.07 bits per heavy atom. The quantitative estimate of drug-likeness (QED) is 0.636. The lowest BCUT2D eigenvalue weighted by molar-refractivity contribution is 0.0925. The normalized spacial score (nSPS) is 12.8. The molecule has 0 bridgehead atoms. The van der Waals surface area contributed by atoms with Crippen LogP contribution in [0, 0.1) is 0 Å². The summed E-state index contributed by atoms with van der Waals surface area (Å²) >= 11 is 3.12. The van der Waals surface area contributed by atoms with E-state index in [2.05, 4.69) is 17.6 Å². The third-order valence-electron chi connectivity index (χ3n) is 4.54. The molecule has 154 valence electrons. The zero-order valence-corrected chi connectivity index (χ0v) is 18.1. The zero-order valence-electron chi connectivity index (χ0n) is 16.5. The Morgan fingerprint density at radius 3 is 2.48 bits per heavy atom. The number of hydrogen-bond donors (Lipinski definition) is 2. The maximum absolute atomic E-state index is 12.8. The topological polar surface area (TPSA) is 84.5 Å². The number of aryl methyl sites for hydroxylation is 1. The van der Waals surface area contributed by atoms with Gasteiger partial charge in [-0.25, -0.2) is 4.79 Å². The van der Waals surface area contributed by atoms with Gasteiger partial charge in [0, 0.05) is 15.3 Å². The van der Waals surface area contributed by atoms with Crippen molar-refractivity contribution in [3.63, 3.8) is 0 Å². The Bertz CT molecular complexity index is 906. The Kier molecular flexibility index (Phi) is 7.33. The van der Waals surface area contributed by atoms with Gasteiger partial charge in [-0.05, 0) is 68.2 Å². The number of nitrogens with one attached hydrogen (secondary N) is 2. The van der Waals surface area contributed by atoms with E-state index < -0.39 is 12.0 Å². The second-order valence-electron chi connectivity index (χ2n) is 6.50. The van der Waals surface area contributed by atoms with Crippen LogP contribution in [0.5, 0.6) is 0 Å². The van der Waals surface area contributed by atoms with Gasteiger partial charge in [0.2, 0.25) is 0 Å². The van der Waals surface area contributed by atoms with Crippen LogP contribution in [0.2, 0.25) is 0 Å². The minimum Gasteiger partial charge on any atom is -0.450 e. The summed E-state index contributed by atoms with van der Waals surface area (Å²) in [5, 5.41) is 5.62. The lowest BCUT2D eigenvalue weighted by Gasteiger charge is -2.13. The number of rotatable bonds is 6. The molecule has 0 atom stereocenters. The van der Waals surface area contributed by atoms with Gasteiger partial charge in [-0.15, -0.1) is 23.1 Å². The molecule has 1 aliphatic carbocycles. The first-order valence-electron chi connectivity index (χ1n) is 9.70. The number of thiophene rings is 1. The van der Waals surface area contributed by atoms with Gasteiger partial charge in [-0.3, -0.25) is 14.9 Å². The number of anilines is 1. The summed E-state index contributed by atoms with van der Waals surface area (Å²) in [6, 6.07) is 7.38. The molecule has 0 radical (unpaired) electrons. The van der Waals surface area contributed by atoms with E-state index in [1.807, 2.05) is 12.1 Å². The maximum Gasteiger partial charge on any atom is 0.414 e. The highest BCUT2D eigenvalue weighted by Gasteiger charge is 2.27. The molecule has 1 aromatic heterocycles. The SMILES string of the molecule is CCOC(=O)NC(=O)c1c(NC(=O)c2ccc(SCC)cc2)sc2c1CCCC2. The first-order valence-corrected chi connectivity index (χ1v) is 11.5. The van der Waals surface area contributed by atoms with E-state index in [0.29, 0.717) is 16.1 Å². The number of carbonyl (C=O) groups excluding carboxylic acids is 3. The first-order chi connectivity index (χ1) is 14.0. The minimum absolute atomic E-state index is 0.177. The Balaban J connectivity index is 1.84. The largest absolute Gasteiger partial charge is 0.450 e. The molecule has 0 unspecified atom stereocenters. The van der Waals surface area contributed by atoms with Crippen LogP contribution in [0.3, 0.4) is 0 Å². The molecule has 0 aliphatic heterocycles. The molecule has 6 nitrogen and oxygen atoms in total. The summed E-state index contributed by atoms with van der Waals surface area (Å²) in [6.07, 6.45) is 2.88. The van der Waals surface area contributed by atoms with Gasteiger partial charge in [0.25, 0.3) is 11.8 Å². The average molecular weight is 433 g/mol. The molecule has 29 heavy (non-hydrogen) atoms. The van der Waals surface area contributed by atoms with Crippen molar-refractivity contribution in [2.45, 2.75) is 44.4 Å². The highest BCUT2D eigenvalue weighted by atomic mass is 32.2. The predicted molar refractivity (Wildman–Crippen MR) is 116 cm³/mol. The third-order valence-corrected chi connectivity index (χ3v) is 6.65. The van der Waals surface area contributed by atoms with Crippen LogP contribution in [0.15, 0.2) is 29.2 Å². The third kappa shape index (κ3) is 5.19. The van der Waals surface area contributed by atoms with Gasteiger partial charge >= 0.3 is 6.09 Å². The number of benzene rings is 1. The summed E-state index contributed by atoms with van der Waals surface area (Å²) in [6.45, 7) is 3.93. The number of fused-ring (bicyclic) bond motifs is 1. The van der Waals surface area contributed by atoms with Crippen LogP contribution in [-0.2, 0) is 17.6 Å². The standard InChI is InChI=1S/C21H24N2O4S2/c1-3-27-21(26)23-19(25)17-15-7-5-6-8-16(15)29-20(17)22-18(24)13-9-11-14(12-10-13)28-4-2/h9-12H,3-8H2,1-2H3,(H,22,24)(H,23,25,26).